The molecule has 0 bridgehead atoms. The summed E-state index contributed by atoms with van der Waals surface area (Å²) in [5, 5.41) is 13.1. The first-order valence-electron chi connectivity index (χ1n) is 15.2. The molecule has 1 amide bonds. The molecule has 0 aliphatic heterocycles. The van der Waals surface area contributed by atoms with Crippen LogP contribution in [-0.4, -0.2) is 73.5 Å². The number of rotatable bonds is 17. The van der Waals surface area contributed by atoms with Gasteiger partial charge in [-0.15, -0.1) is 0 Å². The van der Waals surface area contributed by atoms with E-state index in [1.165, 1.54) is 64.2 Å². The zero-order valence-electron chi connectivity index (χ0n) is 23.8. The number of benzene rings is 1. The maximum absolute atomic E-state index is 12.0. The molecule has 0 saturated heterocycles. The number of anilines is 3. The number of nitrogens with one attached hydrogen (secondary N) is 4. The maximum atomic E-state index is 12.0. The fraction of sp³-hybridized carbons (Fsp3) is 0.667. The van der Waals surface area contributed by atoms with Crippen molar-refractivity contribution in [3.8, 4) is 0 Å². The first-order chi connectivity index (χ1) is 19.8. The molecule has 2 aliphatic rings. The van der Waals surface area contributed by atoms with Gasteiger partial charge in [0, 0.05) is 31.7 Å². The average Bonchev–Trinajstić information content (AvgIpc) is 3.01. The highest BCUT2D eigenvalue weighted by Gasteiger charge is 2.16. The summed E-state index contributed by atoms with van der Waals surface area (Å²) in [6.45, 7) is 4.76. The van der Waals surface area contributed by atoms with Crippen LogP contribution in [0.15, 0.2) is 30.3 Å². The lowest BCUT2D eigenvalue weighted by atomic mass is 9.89. The number of carbonyl (C=O) groups is 1. The lowest BCUT2D eigenvalue weighted by molar-refractivity contribution is 0.0519. The van der Waals surface area contributed by atoms with Crippen LogP contribution in [-0.2, 0) is 9.47 Å². The van der Waals surface area contributed by atoms with Crippen molar-refractivity contribution in [3.05, 3.63) is 35.9 Å². The van der Waals surface area contributed by atoms with Crippen LogP contribution < -0.4 is 21.3 Å². The first kappa shape index (κ1) is 30.0. The van der Waals surface area contributed by atoms with Crippen LogP contribution in [0.25, 0.3) is 0 Å². The number of nitrogens with zero attached hydrogens (tertiary/aromatic N) is 3. The number of carbonyl (C=O) groups excluding carboxylic acids is 1. The van der Waals surface area contributed by atoms with Crippen molar-refractivity contribution in [2.24, 2.45) is 11.8 Å². The molecule has 1 heterocycles. The zero-order chi connectivity index (χ0) is 27.7. The Kier molecular flexibility index (Phi) is 13.2. The van der Waals surface area contributed by atoms with E-state index < -0.39 is 0 Å². The molecule has 2 fully saturated rings. The normalized spacial score (nSPS) is 16.4. The molecule has 220 valence electrons. The minimum atomic E-state index is -0.0930. The molecule has 2 aromatic rings. The van der Waals surface area contributed by atoms with Crippen LogP contribution in [0.2, 0.25) is 0 Å². The highest BCUT2D eigenvalue weighted by molar-refractivity contribution is 5.94. The van der Waals surface area contributed by atoms with Gasteiger partial charge in [0.1, 0.15) is 0 Å². The lowest BCUT2D eigenvalue weighted by Gasteiger charge is -2.23. The third kappa shape index (κ3) is 11.3. The van der Waals surface area contributed by atoms with Crippen molar-refractivity contribution in [2.45, 2.75) is 64.2 Å². The summed E-state index contributed by atoms with van der Waals surface area (Å²) in [5.41, 5.74) is 0.649. The minimum Gasteiger partial charge on any atom is -0.377 e. The summed E-state index contributed by atoms with van der Waals surface area (Å²) in [6, 6.07) is 9.17. The van der Waals surface area contributed by atoms with E-state index in [0.717, 1.165) is 13.1 Å². The van der Waals surface area contributed by atoms with E-state index in [1.807, 2.05) is 18.2 Å². The summed E-state index contributed by atoms with van der Waals surface area (Å²) < 4.78 is 11.2. The Morgan fingerprint density at radius 2 is 1.15 bits per heavy atom. The van der Waals surface area contributed by atoms with E-state index in [2.05, 4.69) is 36.2 Å². The number of amides is 1. The summed E-state index contributed by atoms with van der Waals surface area (Å²) in [6.07, 6.45) is 13.1. The van der Waals surface area contributed by atoms with E-state index in [-0.39, 0.29) is 5.91 Å². The van der Waals surface area contributed by atoms with Crippen LogP contribution in [0.5, 0.6) is 0 Å². The van der Waals surface area contributed by atoms with Crippen molar-refractivity contribution in [1.82, 2.24) is 20.3 Å². The maximum Gasteiger partial charge on any atom is 0.251 e. The summed E-state index contributed by atoms with van der Waals surface area (Å²) in [7, 11) is 0. The first-order valence-corrected chi connectivity index (χ1v) is 15.2. The average molecular weight is 554 g/mol. The quantitative estimate of drug-likeness (QED) is 0.206. The monoisotopic (exact) mass is 553 g/mol. The molecule has 0 spiro atoms. The fourth-order valence-electron chi connectivity index (χ4n) is 5.35. The molecule has 10 heteroatoms. The van der Waals surface area contributed by atoms with Gasteiger partial charge >= 0.3 is 0 Å². The second-order valence-electron chi connectivity index (χ2n) is 10.8. The topological polar surface area (TPSA) is 122 Å². The van der Waals surface area contributed by atoms with E-state index >= 15 is 0 Å². The van der Waals surface area contributed by atoms with Gasteiger partial charge in [0.2, 0.25) is 17.8 Å². The van der Waals surface area contributed by atoms with Gasteiger partial charge in [-0.25, -0.2) is 0 Å². The molecule has 4 rings (SSSR count). The molecular formula is C30H47N7O3. The van der Waals surface area contributed by atoms with Crippen LogP contribution in [0.1, 0.15) is 74.6 Å². The SMILES string of the molecule is O=C(NCCOCCOCCNc1nc(NCC2CCCCC2)nc(NCC2CCCCC2)n1)c1ccccc1. The largest absolute Gasteiger partial charge is 0.377 e. The van der Waals surface area contributed by atoms with Gasteiger partial charge in [0.25, 0.3) is 5.91 Å². The summed E-state index contributed by atoms with van der Waals surface area (Å²) in [5.74, 6) is 3.10. The van der Waals surface area contributed by atoms with Gasteiger partial charge in [-0.1, -0.05) is 56.7 Å². The van der Waals surface area contributed by atoms with E-state index in [0.29, 0.717) is 74.8 Å². The Bertz CT molecular complexity index is 942. The predicted octanol–water partition coefficient (Wildman–Crippen LogP) is 4.73. The van der Waals surface area contributed by atoms with E-state index in [4.69, 9.17) is 9.47 Å². The number of aromatic nitrogens is 3. The molecule has 0 unspecified atom stereocenters. The second kappa shape index (κ2) is 17.7. The van der Waals surface area contributed by atoms with E-state index in [9.17, 15) is 4.79 Å². The molecule has 2 aliphatic carbocycles. The molecule has 10 nitrogen and oxygen atoms in total. The second-order valence-corrected chi connectivity index (χ2v) is 10.8. The molecule has 0 radical (unpaired) electrons. The molecule has 0 atom stereocenters. The number of ether oxygens (including phenoxy) is 2. The molecule has 1 aromatic heterocycles. The Hall–Kier alpha value is -2.98. The zero-order valence-corrected chi connectivity index (χ0v) is 23.8. The van der Waals surface area contributed by atoms with Gasteiger partial charge in [0.05, 0.1) is 26.4 Å². The Labute approximate surface area is 238 Å². The standard InChI is InChI=1S/C30H47N7O3/c38-27(26-14-8-3-9-15-26)31-16-18-39-20-21-40-19-17-32-28-35-29(33-22-24-10-4-1-5-11-24)37-30(36-28)34-23-25-12-6-2-7-13-25/h3,8-9,14-15,24-25H,1-2,4-7,10-13,16-23H2,(H,31,38)(H3,32,33,34,35,36,37). The number of hydrogen-bond acceptors (Lipinski definition) is 9. The van der Waals surface area contributed by atoms with Crippen molar-refractivity contribution in [3.63, 3.8) is 0 Å². The van der Waals surface area contributed by atoms with Gasteiger partial charge in [-0.2, -0.15) is 15.0 Å². The van der Waals surface area contributed by atoms with Crippen LogP contribution in [0, 0.1) is 11.8 Å². The van der Waals surface area contributed by atoms with Crippen LogP contribution >= 0.6 is 0 Å². The Balaban J connectivity index is 1.13. The van der Waals surface area contributed by atoms with Gasteiger partial charge < -0.3 is 30.7 Å². The van der Waals surface area contributed by atoms with Gasteiger partial charge in [0.15, 0.2) is 0 Å². The van der Waals surface area contributed by atoms with Crippen molar-refractivity contribution >= 4 is 23.8 Å². The minimum absolute atomic E-state index is 0.0930. The van der Waals surface area contributed by atoms with Crippen molar-refractivity contribution in [1.29, 1.82) is 0 Å². The predicted molar refractivity (Wildman–Crippen MR) is 159 cm³/mol. The van der Waals surface area contributed by atoms with Crippen LogP contribution in [0.3, 0.4) is 0 Å². The molecule has 2 saturated carbocycles. The van der Waals surface area contributed by atoms with Crippen LogP contribution in [0.4, 0.5) is 17.8 Å². The highest BCUT2D eigenvalue weighted by atomic mass is 16.5. The summed E-state index contributed by atoms with van der Waals surface area (Å²) in [4.78, 5) is 25.9. The molecule has 1 aromatic carbocycles. The van der Waals surface area contributed by atoms with E-state index in [1.54, 1.807) is 12.1 Å². The van der Waals surface area contributed by atoms with Gasteiger partial charge in [-0.05, 0) is 49.7 Å². The Morgan fingerprint density at radius 3 is 1.70 bits per heavy atom. The lowest BCUT2D eigenvalue weighted by Crippen LogP contribution is -2.27. The molecular weight excluding hydrogens is 506 g/mol. The third-order valence-corrected chi connectivity index (χ3v) is 7.65. The van der Waals surface area contributed by atoms with Gasteiger partial charge in [-0.3, -0.25) is 4.79 Å². The van der Waals surface area contributed by atoms with Crippen molar-refractivity contribution in [2.75, 3.05) is 68.6 Å². The molecule has 40 heavy (non-hydrogen) atoms. The van der Waals surface area contributed by atoms with Crippen molar-refractivity contribution < 1.29 is 14.3 Å². The number of hydrogen-bond donors (Lipinski definition) is 4. The summed E-state index contributed by atoms with van der Waals surface area (Å²) >= 11 is 0. The Morgan fingerprint density at radius 1 is 0.650 bits per heavy atom. The smallest absolute Gasteiger partial charge is 0.251 e. The third-order valence-electron chi connectivity index (χ3n) is 7.65. The molecule has 4 N–H and O–H groups in total. The fourth-order valence-corrected chi connectivity index (χ4v) is 5.35. The highest BCUT2D eigenvalue weighted by Crippen LogP contribution is 2.25.